The Morgan fingerprint density at radius 1 is 1.55 bits per heavy atom. The molecule has 110 valence electrons. The molecule has 0 aliphatic rings. The van der Waals surface area contributed by atoms with Crippen LogP contribution < -0.4 is 16.0 Å². The Morgan fingerprint density at radius 2 is 2.30 bits per heavy atom. The van der Waals surface area contributed by atoms with E-state index in [4.69, 9.17) is 10.6 Å². The summed E-state index contributed by atoms with van der Waals surface area (Å²) in [7, 11) is 1.64. The van der Waals surface area contributed by atoms with E-state index in [1.165, 1.54) is 0 Å². The number of nitrogens with one attached hydrogen (secondary N) is 1. The first kappa shape index (κ1) is 16.0. The normalized spacial score (nSPS) is 12.7. The predicted octanol–water partition coefficient (Wildman–Crippen LogP) is 3.44. The molecule has 2 aromatic heterocycles. The Bertz CT molecular complexity index is 565. The van der Waals surface area contributed by atoms with E-state index in [2.05, 4.69) is 49.3 Å². The minimum Gasteiger partial charge on any atom is -0.493 e. The zero-order valence-electron chi connectivity index (χ0n) is 11.2. The molecule has 0 saturated carbocycles. The van der Waals surface area contributed by atoms with Crippen LogP contribution in [0, 0.1) is 0 Å². The van der Waals surface area contributed by atoms with Crippen LogP contribution in [0.1, 0.15) is 30.0 Å². The van der Waals surface area contributed by atoms with E-state index in [0.29, 0.717) is 0 Å². The van der Waals surface area contributed by atoms with Gasteiger partial charge in [-0.05, 0) is 44.3 Å². The molecular formula is C12H16Br2N4OS. The van der Waals surface area contributed by atoms with Gasteiger partial charge in [-0.15, -0.1) is 11.3 Å². The summed E-state index contributed by atoms with van der Waals surface area (Å²) in [6, 6.07) is 1.88. The molecule has 2 heterocycles. The Kier molecular flexibility index (Phi) is 5.62. The molecule has 0 amide bonds. The van der Waals surface area contributed by atoms with E-state index < -0.39 is 0 Å². The molecule has 0 fully saturated rings. The van der Waals surface area contributed by atoms with E-state index in [1.54, 1.807) is 24.6 Å². The van der Waals surface area contributed by atoms with Crippen LogP contribution in [-0.4, -0.2) is 16.9 Å². The highest BCUT2D eigenvalue weighted by Gasteiger charge is 2.24. The predicted molar refractivity (Wildman–Crippen MR) is 88.0 cm³/mol. The molecule has 2 rings (SSSR count). The maximum Gasteiger partial charge on any atom is 0.162 e. The molecule has 0 aromatic carbocycles. The van der Waals surface area contributed by atoms with Gasteiger partial charge in [0.2, 0.25) is 0 Å². The van der Waals surface area contributed by atoms with Crippen LogP contribution in [0.15, 0.2) is 20.5 Å². The van der Waals surface area contributed by atoms with Gasteiger partial charge < -0.3 is 4.74 Å². The second kappa shape index (κ2) is 7.04. The smallest absolute Gasteiger partial charge is 0.162 e. The molecule has 3 N–H and O–H groups in total. The van der Waals surface area contributed by atoms with Gasteiger partial charge in [0.15, 0.2) is 5.75 Å². The largest absolute Gasteiger partial charge is 0.493 e. The fraction of sp³-hybridized carbons (Fsp3) is 0.417. The van der Waals surface area contributed by atoms with Crippen LogP contribution in [-0.2, 0) is 6.54 Å². The van der Waals surface area contributed by atoms with Crippen LogP contribution >= 0.6 is 43.2 Å². The number of thiophene rings is 1. The van der Waals surface area contributed by atoms with Gasteiger partial charge in [-0.2, -0.15) is 5.10 Å². The van der Waals surface area contributed by atoms with Crippen LogP contribution in [0.3, 0.4) is 0 Å². The van der Waals surface area contributed by atoms with Gasteiger partial charge in [0.05, 0.1) is 17.1 Å². The Labute approximate surface area is 138 Å². The third-order valence-corrected chi connectivity index (χ3v) is 6.21. The summed E-state index contributed by atoms with van der Waals surface area (Å²) in [5.41, 5.74) is 3.81. The summed E-state index contributed by atoms with van der Waals surface area (Å²) in [6.07, 6.45) is 2.72. The molecule has 0 bridgehead atoms. The fourth-order valence-corrected chi connectivity index (χ4v) is 4.17. The van der Waals surface area contributed by atoms with Crippen molar-refractivity contribution in [2.75, 3.05) is 7.11 Å². The number of aryl methyl sites for hydroxylation is 1. The molecule has 1 unspecified atom stereocenters. The summed E-state index contributed by atoms with van der Waals surface area (Å²) < 4.78 is 9.40. The minimum absolute atomic E-state index is 0.161. The van der Waals surface area contributed by atoms with Crippen molar-refractivity contribution in [3.05, 3.63) is 31.1 Å². The van der Waals surface area contributed by atoms with Gasteiger partial charge >= 0.3 is 0 Å². The Morgan fingerprint density at radius 3 is 2.80 bits per heavy atom. The molecular weight excluding hydrogens is 408 g/mol. The standard InChI is InChI=1S/C12H16Br2N4OS/c1-3-4-18-11(8(19-2)6-16-18)10(17-15)9-5-7(13)12(14)20-9/h5-6,10,17H,3-4,15H2,1-2H3. The highest BCUT2D eigenvalue weighted by atomic mass is 79.9. The minimum atomic E-state index is -0.161. The monoisotopic (exact) mass is 422 g/mol. The first-order chi connectivity index (χ1) is 9.62. The van der Waals surface area contributed by atoms with Crippen molar-refractivity contribution in [2.24, 2.45) is 5.84 Å². The highest BCUT2D eigenvalue weighted by Crippen LogP contribution is 2.39. The molecule has 0 spiro atoms. The Hall–Kier alpha value is -0.410. The summed E-state index contributed by atoms with van der Waals surface area (Å²) in [5, 5.41) is 4.38. The Balaban J connectivity index is 2.47. The number of hydrogen-bond donors (Lipinski definition) is 2. The van der Waals surface area contributed by atoms with Gasteiger partial charge in [-0.3, -0.25) is 10.5 Å². The molecule has 0 radical (unpaired) electrons. The lowest BCUT2D eigenvalue weighted by atomic mass is 10.1. The van der Waals surface area contributed by atoms with E-state index in [0.717, 1.165) is 37.5 Å². The zero-order chi connectivity index (χ0) is 14.7. The molecule has 2 aromatic rings. The lowest BCUT2D eigenvalue weighted by molar-refractivity contribution is 0.399. The first-order valence-corrected chi connectivity index (χ1v) is 8.53. The fourth-order valence-electron chi connectivity index (χ4n) is 2.02. The van der Waals surface area contributed by atoms with Crippen molar-refractivity contribution >= 4 is 43.2 Å². The number of halogens is 2. The molecule has 5 nitrogen and oxygen atoms in total. The summed E-state index contributed by atoms with van der Waals surface area (Å²) in [4.78, 5) is 1.09. The van der Waals surface area contributed by atoms with Gasteiger partial charge in [0.25, 0.3) is 0 Å². The van der Waals surface area contributed by atoms with Gasteiger partial charge in [0.1, 0.15) is 11.7 Å². The molecule has 0 aliphatic heterocycles. The van der Waals surface area contributed by atoms with Gasteiger partial charge in [-0.1, -0.05) is 6.92 Å². The summed E-state index contributed by atoms with van der Waals surface area (Å²) >= 11 is 8.64. The topological polar surface area (TPSA) is 65.1 Å². The SMILES string of the molecule is CCCn1ncc(OC)c1C(NN)c1cc(Br)c(Br)s1. The van der Waals surface area contributed by atoms with Crippen molar-refractivity contribution in [3.63, 3.8) is 0 Å². The number of hydrogen-bond acceptors (Lipinski definition) is 5. The number of ether oxygens (including phenoxy) is 1. The van der Waals surface area contributed by atoms with Crippen LogP contribution in [0.5, 0.6) is 5.75 Å². The number of aromatic nitrogens is 2. The first-order valence-electron chi connectivity index (χ1n) is 6.12. The molecule has 1 atom stereocenters. The van der Waals surface area contributed by atoms with Crippen LogP contribution in [0.2, 0.25) is 0 Å². The number of hydrazine groups is 1. The van der Waals surface area contributed by atoms with Crippen molar-refractivity contribution in [2.45, 2.75) is 25.9 Å². The molecule has 0 aliphatic carbocycles. The van der Waals surface area contributed by atoms with Gasteiger partial charge in [-0.25, -0.2) is 5.43 Å². The maximum absolute atomic E-state index is 5.77. The summed E-state index contributed by atoms with van der Waals surface area (Å²) in [6.45, 7) is 2.94. The van der Waals surface area contributed by atoms with Gasteiger partial charge in [0, 0.05) is 15.9 Å². The molecule has 20 heavy (non-hydrogen) atoms. The maximum atomic E-state index is 5.77. The number of nitrogens with zero attached hydrogens (tertiary/aromatic N) is 2. The lowest BCUT2D eigenvalue weighted by Crippen LogP contribution is -2.30. The highest BCUT2D eigenvalue weighted by molar-refractivity contribution is 9.13. The quantitative estimate of drug-likeness (QED) is 0.551. The van der Waals surface area contributed by atoms with E-state index in [1.807, 2.05) is 10.7 Å². The van der Waals surface area contributed by atoms with E-state index in [-0.39, 0.29) is 6.04 Å². The lowest BCUT2D eigenvalue weighted by Gasteiger charge is -2.17. The molecule has 8 heteroatoms. The third-order valence-electron chi connectivity index (χ3n) is 2.89. The van der Waals surface area contributed by atoms with Crippen LogP contribution in [0.25, 0.3) is 0 Å². The van der Waals surface area contributed by atoms with Crippen molar-refractivity contribution in [3.8, 4) is 5.75 Å². The van der Waals surface area contributed by atoms with Crippen molar-refractivity contribution in [1.82, 2.24) is 15.2 Å². The van der Waals surface area contributed by atoms with E-state index >= 15 is 0 Å². The van der Waals surface area contributed by atoms with Crippen LogP contribution in [0.4, 0.5) is 0 Å². The van der Waals surface area contributed by atoms with E-state index in [9.17, 15) is 0 Å². The van der Waals surface area contributed by atoms with Crippen molar-refractivity contribution < 1.29 is 4.74 Å². The third kappa shape index (κ3) is 3.09. The second-order valence-electron chi connectivity index (χ2n) is 4.19. The summed E-state index contributed by atoms with van der Waals surface area (Å²) in [5.74, 6) is 6.51. The number of methoxy groups -OCH3 is 1. The average molecular weight is 424 g/mol. The average Bonchev–Trinajstić information content (AvgIpc) is 2.97. The zero-order valence-corrected chi connectivity index (χ0v) is 15.2. The number of nitrogens with two attached hydrogens (primary N) is 1. The number of rotatable bonds is 6. The second-order valence-corrected chi connectivity index (χ2v) is 7.45. The van der Waals surface area contributed by atoms with Crippen molar-refractivity contribution in [1.29, 1.82) is 0 Å². The molecule has 0 saturated heterocycles.